The molecule has 0 spiro atoms. The van der Waals surface area contributed by atoms with Crippen LogP contribution in [0.1, 0.15) is 10.4 Å². The second-order valence-corrected chi connectivity index (χ2v) is 6.48. The lowest BCUT2D eigenvalue weighted by atomic mass is 10.3. The highest BCUT2D eigenvalue weighted by Gasteiger charge is 2.10. The fraction of sp³-hybridized carbons (Fsp3) is 0.0714. The number of nitrogens with zero attached hydrogens (tertiary/aromatic N) is 2. The lowest BCUT2D eigenvalue weighted by Gasteiger charge is -2.00. The molecule has 0 unspecified atom stereocenters. The molecule has 3 rings (SSSR count). The summed E-state index contributed by atoms with van der Waals surface area (Å²) >= 11 is 2.95. The Hall–Kier alpha value is -2.12. The summed E-state index contributed by atoms with van der Waals surface area (Å²) < 4.78 is 6.58. The number of thiazole rings is 1. The third-order valence-corrected chi connectivity index (χ3v) is 4.75. The molecule has 0 atom stereocenters. The maximum atomic E-state index is 11.5. The number of ether oxygens (including phenoxy) is 1. The second kappa shape index (κ2) is 5.71. The predicted molar refractivity (Wildman–Crippen MR) is 83.7 cm³/mol. The first-order valence-corrected chi connectivity index (χ1v) is 7.67. The summed E-state index contributed by atoms with van der Waals surface area (Å²) in [4.78, 5) is 20.3. The number of anilines is 1. The minimum atomic E-state index is -0.378. The van der Waals surface area contributed by atoms with Crippen LogP contribution in [0.25, 0.3) is 10.2 Å². The van der Waals surface area contributed by atoms with Crippen molar-refractivity contribution in [1.82, 2.24) is 9.97 Å². The number of hydrogen-bond donors (Lipinski definition) is 1. The van der Waals surface area contributed by atoms with Crippen LogP contribution in [0.5, 0.6) is 0 Å². The highest BCUT2D eigenvalue weighted by Crippen LogP contribution is 2.34. The molecule has 2 N–H and O–H groups in total. The Balaban J connectivity index is 1.89. The Labute approximate surface area is 129 Å². The van der Waals surface area contributed by atoms with Crippen molar-refractivity contribution in [3.63, 3.8) is 0 Å². The lowest BCUT2D eigenvalue weighted by Crippen LogP contribution is -2.01. The van der Waals surface area contributed by atoms with Crippen molar-refractivity contribution in [1.29, 1.82) is 0 Å². The normalized spacial score (nSPS) is 10.7. The van der Waals surface area contributed by atoms with Crippen LogP contribution in [-0.4, -0.2) is 23.0 Å². The molecule has 0 amide bonds. The number of esters is 1. The van der Waals surface area contributed by atoms with Crippen LogP contribution in [0.3, 0.4) is 0 Å². The molecular formula is C14H11N3O2S2. The molecule has 0 saturated carbocycles. The summed E-state index contributed by atoms with van der Waals surface area (Å²) in [7, 11) is 1.35. The Bertz CT molecular complexity index is 817. The van der Waals surface area contributed by atoms with Gasteiger partial charge in [0, 0.05) is 11.9 Å². The van der Waals surface area contributed by atoms with Gasteiger partial charge in [0.2, 0.25) is 0 Å². The maximum absolute atomic E-state index is 11.5. The van der Waals surface area contributed by atoms with Crippen molar-refractivity contribution in [3.05, 3.63) is 42.1 Å². The first-order chi connectivity index (χ1) is 10.2. The number of carbonyl (C=O) groups excluding carboxylic acids is 1. The molecule has 0 fully saturated rings. The topological polar surface area (TPSA) is 78.1 Å². The Morgan fingerprint density at radius 1 is 1.33 bits per heavy atom. The van der Waals surface area contributed by atoms with Crippen molar-refractivity contribution in [2.24, 2.45) is 0 Å². The summed E-state index contributed by atoms with van der Waals surface area (Å²) in [5, 5.41) is 0.699. The van der Waals surface area contributed by atoms with Crippen molar-refractivity contribution in [3.8, 4) is 0 Å². The van der Waals surface area contributed by atoms with Crippen molar-refractivity contribution >= 4 is 45.0 Å². The van der Waals surface area contributed by atoms with E-state index in [1.54, 1.807) is 29.7 Å². The van der Waals surface area contributed by atoms with Gasteiger partial charge in [-0.15, -0.1) is 11.3 Å². The fourth-order valence-corrected chi connectivity index (χ4v) is 3.82. The molecule has 0 bridgehead atoms. The molecule has 0 radical (unpaired) electrons. The predicted octanol–water partition coefficient (Wildman–Crippen LogP) is 3.21. The number of hydrogen-bond acceptors (Lipinski definition) is 7. The molecule has 0 saturated heterocycles. The van der Waals surface area contributed by atoms with Crippen molar-refractivity contribution < 1.29 is 9.53 Å². The maximum Gasteiger partial charge on any atom is 0.337 e. The number of carbonyl (C=O) groups is 1. The molecule has 2 heterocycles. The Morgan fingerprint density at radius 3 is 3.00 bits per heavy atom. The molecule has 0 aliphatic rings. The van der Waals surface area contributed by atoms with Crippen LogP contribution in [0, 0.1) is 0 Å². The van der Waals surface area contributed by atoms with Gasteiger partial charge in [0.1, 0.15) is 5.03 Å². The SMILES string of the molecule is COC(=O)c1ccnc(Sc2nc3ccc(N)cc3s2)c1. The summed E-state index contributed by atoms with van der Waals surface area (Å²) in [6.45, 7) is 0. The Morgan fingerprint density at radius 2 is 2.19 bits per heavy atom. The van der Waals surface area contributed by atoms with E-state index in [4.69, 9.17) is 10.5 Å². The van der Waals surface area contributed by atoms with E-state index in [0.717, 1.165) is 14.6 Å². The summed E-state index contributed by atoms with van der Waals surface area (Å²) in [5.74, 6) is -0.378. The minimum absolute atomic E-state index is 0.378. The highest BCUT2D eigenvalue weighted by molar-refractivity contribution is 8.01. The van der Waals surface area contributed by atoms with Crippen LogP contribution in [0.15, 0.2) is 45.9 Å². The largest absolute Gasteiger partial charge is 0.465 e. The fourth-order valence-electron chi connectivity index (χ4n) is 1.76. The standard InChI is InChI=1S/C14H11N3O2S2/c1-19-13(18)8-4-5-16-12(6-8)21-14-17-10-3-2-9(15)7-11(10)20-14/h2-7H,15H2,1H3. The van der Waals surface area contributed by atoms with Gasteiger partial charge in [0.15, 0.2) is 4.34 Å². The number of pyridine rings is 1. The zero-order valence-corrected chi connectivity index (χ0v) is 12.7. The summed E-state index contributed by atoms with van der Waals surface area (Å²) in [6, 6.07) is 8.93. The summed E-state index contributed by atoms with van der Waals surface area (Å²) in [6.07, 6.45) is 1.58. The smallest absolute Gasteiger partial charge is 0.337 e. The number of nitrogens with two attached hydrogens (primary N) is 1. The van der Waals surface area contributed by atoms with Gasteiger partial charge in [0.25, 0.3) is 0 Å². The Kier molecular flexibility index (Phi) is 3.76. The molecule has 5 nitrogen and oxygen atoms in total. The zero-order chi connectivity index (χ0) is 14.8. The summed E-state index contributed by atoms with van der Waals surface area (Å²) in [5.41, 5.74) is 7.85. The number of benzene rings is 1. The van der Waals surface area contributed by atoms with Crippen LogP contribution >= 0.6 is 23.1 Å². The monoisotopic (exact) mass is 317 g/mol. The van der Waals surface area contributed by atoms with E-state index in [1.807, 2.05) is 18.2 Å². The van der Waals surface area contributed by atoms with Crippen LogP contribution < -0.4 is 5.73 Å². The van der Waals surface area contributed by atoms with Crippen molar-refractivity contribution in [2.45, 2.75) is 9.37 Å². The van der Waals surface area contributed by atoms with Gasteiger partial charge in [-0.1, -0.05) is 0 Å². The molecule has 0 aliphatic heterocycles. The molecule has 2 aromatic heterocycles. The highest BCUT2D eigenvalue weighted by atomic mass is 32.2. The molecule has 106 valence electrons. The molecular weight excluding hydrogens is 306 g/mol. The zero-order valence-electron chi connectivity index (χ0n) is 11.1. The van der Waals surface area contributed by atoms with Gasteiger partial charge < -0.3 is 10.5 Å². The second-order valence-electron chi connectivity index (χ2n) is 4.18. The number of methoxy groups -OCH3 is 1. The van der Waals surface area contributed by atoms with E-state index in [1.165, 1.54) is 18.9 Å². The van der Waals surface area contributed by atoms with Gasteiger partial charge in [-0.2, -0.15) is 0 Å². The van der Waals surface area contributed by atoms with E-state index in [-0.39, 0.29) is 5.97 Å². The average molecular weight is 317 g/mol. The van der Waals surface area contributed by atoms with E-state index in [0.29, 0.717) is 16.3 Å². The molecule has 21 heavy (non-hydrogen) atoms. The number of rotatable bonds is 3. The molecule has 7 heteroatoms. The van der Waals surface area contributed by atoms with Crippen LogP contribution in [0.4, 0.5) is 5.69 Å². The lowest BCUT2D eigenvalue weighted by molar-refractivity contribution is 0.0600. The minimum Gasteiger partial charge on any atom is -0.465 e. The first-order valence-electron chi connectivity index (χ1n) is 6.04. The van der Waals surface area contributed by atoms with Gasteiger partial charge in [-0.3, -0.25) is 0 Å². The van der Waals surface area contributed by atoms with E-state index in [2.05, 4.69) is 9.97 Å². The number of nitrogen functional groups attached to an aromatic ring is 1. The van der Waals surface area contributed by atoms with Gasteiger partial charge >= 0.3 is 5.97 Å². The molecule has 3 aromatic rings. The average Bonchev–Trinajstić information content (AvgIpc) is 2.88. The number of fused-ring (bicyclic) bond motifs is 1. The molecule has 1 aromatic carbocycles. The van der Waals surface area contributed by atoms with Gasteiger partial charge in [-0.05, 0) is 42.1 Å². The van der Waals surface area contributed by atoms with E-state index in [9.17, 15) is 4.79 Å². The van der Waals surface area contributed by atoms with Crippen LogP contribution in [-0.2, 0) is 4.74 Å². The quantitative estimate of drug-likeness (QED) is 0.590. The first kappa shape index (κ1) is 13.8. The van der Waals surface area contributed by atoms with Gasteiger partial charge in [-0.25, -0.2) is 14.8 Å². The molecule has 0 aliphatic carbocycles. The third-order valence-electron chi connectivity index (χ3n) is 2.74. The van der Waals surface area contributed by atoms with E-state index >= 15 is 0 Å². The van der Waals surface area contributed by atoms with E-state index < -0.39 is 0 Å². The van der Waals surface area contributed by atoms with Gasteiger partial charge in [0.05, 0.1) is 22.9 Å². The van der Waals surface area contributed by atoms with Crippen molar-refractivity contribution in [2.75, 3.05) is 12.8 Å². The number of aromatic nitrogens is 2. The third kappa shape index (κ3) is 2.98. The van der Waals surface area contributed by atoms with Crippen LogP contribution in [0.2, 0.25) is 0 Å².